The Labute approximate surface area is 89.5 Å². The van der Waals surface area contributed by atoms with E-state index in [9.17, 15) is 0 Å². The molecule has 1 aromatic rings. The lowest BCUT2D eigenvalue weighted by Gasteiger charge is -2.31. The molecule has 1 fully saturated rings. The molecular weight excluding hydrogens is 188 g/mol. The molecule has 1 unspecified atom stereocenters. The Balaban J connectivity index is 2.01. The van der Waals surface area contributed by atoms with Gasteiger partial charge < -0.3 is 5.32 Å². The highest BCUT2D eigenvalue weighted by Gasteiger charge is 2.21. The van der Waals surface area contributed by atoms with Crippen molar-refractivity contribution in [2.75, 3.05) is 19.6 Å². The quantitative estimate of drug-likeness (QED) is 0.753. The first-order valence-corrected chi connectivity index (χ1v) is 5.13. The summed E-state index contributed by atoms with van der Waals surface area (Å²) in [6.07, 6.45) is 3.62. The summed E-state index contributed by atoms with van der Waals surface area (Å²) in [5.41, 5.74) is 1.17. The maximum absolute atomic E-state index is 8.99. The van der Waals surface area contributed by atoms with Gasteiger partial charge in [-0.25, -0.2) is 0 Å². The molecule has 0 spiro atoms. The average molecular weight is 202 g/mol. The molecule has 1 N–H and O–H groups in total. The standard InChI is InChI=1S/C11H14N4/c12-6-11-8-14-4-5-15(11)9-10-2-1-3-13-7-10/h1-3,7,11,14H,4-5,8-9H2. The van der Waals surface area contributed by atoms with Crippen LogP contribution in [0.1, 0.15) is 5.56 Å². The first-order chi connectivity index (χ1) is 7.40. The third-order valence-electron chi connectivity index (χ3n) is 2.61. The molecule has 15 heavy (non-hydrogen) atoms. The van der Waals surface area contributed by atoms with Crippen LogP contribution >= 0.6 is 0 Å². The monoisotopic (exact) mass is 202 g/mol. The fraction of sp³-hybridized carbons (Fsp3) is 0.455. The number of hydrogen-bond acceptors (Lipinski definition) is 4. The van der Waals surface area contributed by atoms with Gasteiger partial charge in [-0.2, -0.15) is 5.26 Å². The Morgan fingerprint density at radius 2 is 2.60 bits per heavy atom. The van der Waals surface area contributed by atoms with Crippen molar-refractivity contribution < 1.29 is 0 Å². The smallest absolute Gasteiger partial charge is 0.111 e. The van der Waals surface area contributed by atoms with Crippen LogP contribution in [0.25, 0.3) is 0 Å². The van der Waals surface area contributed by atoms with Crippen molar-refractivity contribution in [3.63, 3.8) is 0 Å². The van der Waals surface area contributed by atoms with E-state index < -0.39 is 0 Å². The van der Waals surface area contributed by atoms with E-state index in [4.69, 9.17) is 5.26 Å². The molecule has 2 heterocycles. The maximum Gasteiger partial charge on any atom is 0.111 e. The summed E-state index contributed by atoms with van der Waals surface area (Å²) >= 11 is 0. The molecule has 1 aliphatic heterocycles. The summed E-state index contributed by atoms with van der Waals surface area (Å²) in [6.45, 7) is 3.45. The number of hydrogen-bond donors (Lipinski definition) is 1. The number of nitrogens with zero attached hydrogens (tertiary/aromatic N) is 3. The van der Waals surface area contributed by atoms with Crippen molar-refractivity contribution in [2.45, 2.75) is 12.6 Å². The van der Waals surface area contributed by atoms with Crippen LogP contribution in [0.4, 0.5) is 0 Å². The van der Waals surface area contributed by atoms with Gasteiger partial charge in [-0.15, -0.1) is 0 Å². The Bertz CT molecular complexity index is 343. The van der Waals surface area contributed by atoms with Gasteiger partial charge in [0.25, 0.3) is 0 Å². The molecule has 0 radical (unpaired) electrons. The molecule has 4 heteroatoms. The number of rotatable bonds is 2. The van der Waals surface area contributed by atoms with E-state index in [-0.39, 0.29) is 6.04 Å². The van der Waals surface area contributed by atoms with E-state index in [1.54, 1.807) is 6.20 Å². The van der Waals surface area contributed by atoms with Gasteiger partial charge in [0.05, 0.1) is 6.07 Å². The molecule has 0 amide bonds. The summed E-state index contributed by atoms with van der Waals surface area (Å²) < 4.78 is 0. The Kier molecular flexibility index (Phi) is 3.28. The number of pyridine rings is 1. The zero-order chi connectivity index (χ0) is 10.5. The van der Waals surface area contributed by atoms with Gasteiger partial charge in [0.1, 0.15) is 6.04 Å². The second-order valence-electron chi connectivity index (χ2n) is 3.68. The largest absolute Gasteiger partial charge is 0.313 e. The molecule has 0 saturated carbocycles. The van der Waals surface area contributed by atoms with E-state index in [1.807, 2.05) is 18.3 Å². The van der Waals surface area contributed by atoms with E-state index >= 15 is 0 Å². The molecule has 2 rings (SSSR count). The lowest BCUT2D eigenvalue weighted by Crippen LogP contribution is -2.49. The summed E-state index contributed by atoms with van der Waals surface area (Å²) in [5, 5.41) is 12.2. The van der Waals surface area contributed by atoms with Crippen LogP contribution in [-0.4, -0.2) is 35.6 Å². The average Bonchev–Trinajstić information content (AvgIpc) is 2.31. The van der Waals surface area contributed by atoms with Crippen LogP contribution < -0.4 is 5.32 Å². The minimum absolute atomic E-state index is 0.0149. The van der Waals surface area contributed by atoms with Crippen molar-refractivity contribution in [2.24, 2.45) is 0 Å². The summed E-state index contributed by atoms with van der Waals surface area (Å²) in [4.78, 5) is 6.26. The van der Waals surface area contributed by atoms with Crippen LogP contribution in [0.2, 0.25) is 0 Å². The molecule has 4 nitrogen and oxygen atoms in total. The predicted molar refractivity (Wildman–Crippen MR) is 56.9 cm³/mol. The van der Waals surface area contributed by atoms with Crippen LogP contribution in [0, 0.1) is 11.3 Å². The first-order valence-electron chi connectivity index (χ1n) is 5.13. The highest BCUT2D eigenvalue weighted by atomic mass is 15.2. The van der Waals surface area contributed by atoms with Gasteiger partial charge >= 0.3 is 0 Å². The topological polar surface area (TPSA) is 52.0 Å². The molecule has 78 valence electrons. The zero-order valence-corrected chi connectivity index (χ0v) is 8.56. The fourth-order valence-corrected chi connectivity index (χ4v) is 1.79. The van der Waals surface area contributed by atoms with Gasteiger partial charge in [0.2, 0.25) is 0 Å². The van der Waals surface area contributed by atoms with Crippen LogP contribution in [0.15, 0.2) is 24.5 Å². The fourth-order valence-electron chi connectivity index (χ4n) is 1.79. The van der Waals surface area contributed by atoms with Gasteiger partial charge in [-0.3, -0.25) is 9.88 Å². The van der Waals surface area contributed by atoms with Gasteiger partial charge in [0.15, 0.2) is 0 Å². The third kappa shape index (κ3) is 2.52. The SMILES string of the molecule is N#CC1CNCCN1Cc1cccnc1. The normalized spacial score (nSPS) is 22.2. The number of nitriles is 1. The Morgan fingerprint density at radius 3 is 3.33 bits per heavy atom. The minimum Gasteiger partial charge on any atom is -0.313 e. The highest BCUT2D eigenvalue weighted by Crippen LogP contribution is 2.08. The van der Waals surface area contributed by atoms with E-state index in [0.717, 1.165) is 26.2 Å². The van der Waals surface area contributed by atoms with E-state index in [1.165, 1.54) is 5.56 Å². The van der Waals surface area contributed by atoms with Crippen molar-refractivity contribution in [3.05, 3.63) is 30.1 Å². The minimum atomic E-state index is -0.0149. The molecule has 1 saturated heterocycles. The number of nitrogens with one attached hydrogen (secondary N) is 1. The van der Waals surface area contributed by atoms with Crippen molar-refractivity contribution in [1.29, 1.82) is 5.26 Å². The van der Waals surface area contributed by atoms with E-state index in [2.05, 4.69) is 21.3 Å². The number of aromatic nitrogens is 1. The summed E-state index contributed by atoms with van der Waals surface area (Å²) in [6, 6.07) is 6.28. The maximum atomic E-state index is 8.99. The van der Waals surface area contributed by atoms with Gasteiger partial charge in [0, 0.05) is 38.6 Å². The Hall–Kier alpha value is -1.44. The predicted octanol–water partition coefficient (Wildman–Crippen LogP) is 0.379. The molecular formula is C11H14N4. The van der Waals surface area contributed by atoms with Crippen molar-refractivity contribution in [1.82, 2.24) is 15.2 Å². The zero-order valence-electron chi connectivity index (χ0n) is 8.56. The molecule has 0 bridgehead atoms. The van der Waals surface area contributed by atoms with Gasteiger partial charge in [-0.05, 0) is 11.6 Å². The first kappa shape index (κ1) is 10.1. The summed E-state index contributed by atoms with van der Waals surface area (Å²) in [5.74, 6) is 0. The molecule has 0 aromatic carbocycles. The van der Waals surface area contributed by atoms with Crippen LogP contribution in [0.5, 0.6) is 0 Å². The molecule has 1 aromatic heterocycles. The second kappa shape index (κ2) is 4.87. The van der Waals surface area contributed by atoms with Gasteiger partial charge in [-0.1, -0.05) is 6.07 Å². The Morgan fingerprint density at radius 1 is 1.67 bits per heavy atom. The van der Waals surface area contributed by atoms with Crippen molar-refractivity contribution >= 4 is 0 Å². The highest BCUT2D eigenvalue weighted by molar-refractivity contribution is 5.10. The number of piperazine rings is 1. The molecule has 0 aliphatic carbocycles. The third-order valence-corrected chi connectivity index (χ3v) is 2.61. The lowest BCUT2D eigenvalue weighted by molar-refractivity contribution is 0.189. The molecule has 1 aliphatic rings. The van der Waals surface area contributed by atoms with Crippen LogP contribution in [0.3, 0.4) is 0 Å². The lowest BCUT2D eigenvalue weighted by atomic mass is 10.2. The second-order valence-corrected chi connectivity index (χ2v) is 3.68. The van der Waals surface area contributed by atoms with Crippen LogP contribution in [-0.2, 0) is 6.54 Å². The molecule has 1 atom stereocenters. The van der Waals surface area contributed by atoms with E-state index in [0.29, 0.717) is 0 Å². The van der Waals surface area contributed by atoms with Crippen molar-refractivity contribution in [3.8, 4) is 6.07 Å². The summed E-state index contributed by atoms with van der Waals surface area (Å²) in [7, 11) is 0.